The second kappa shape index (κ2) is 12.4. The van der Waals surface area contributed by atoms with Gasteiger partial charge < -0.3 is 15.0 Å². The van der Waals surface area contributed by atoms with Gasteiger partial charge in [0.25, 0.3) is 0 Å². The molecule has 1 heterocycles. The van der Waals surface area contributed by atoms with Gasteiger partial charge in [-0.1, -0.05) is 54.9 Å². The van der Waals surface area contributed by atoms with Gasteiger partial charge in [0.15, 0.2) is 0 Å². The number of rotatable bonds is 10. The second-order valence-corrected chi connectivity index (χ2v) is 8.99. The highest BCUT2D eigenvalue weighted by atomic mass is 35.5. The van der Waals surface area contributed by atoms with Crippen LogP contribution in [0, 0.1) is 5.92 Å². The highest BCUT2D eigenvalue weighted by Crippen LogP contribution is 2.41. The summed E-state index contributed by atoms with van der Waals surface area (Å²) in [6, 6.07) is 14.7. The third kappa shape index (κ3) is 6.12. The maximum absolute atomic E-state index is 12.8. The maximum atomic E-state index is 12.8. The van der Waals surface area contributed by atoms with E-state index in [0.29, 0.717) is 13.0 Å². The molecule has 0 spiro atoms. The molecule has 2 aromatic carbocycles. The molecule has 4 nitrogen and oxygen atoms in total. The maximum Gasteiger partial charge on any atom is 0.222 e. The van der Waals surface area contributed by atoms with E-state index in [1.807, 2.05) is 31.0 Å². The fraction of sp³-hybridized carbons (Fsp3) is 0.519. The summed E-state index contributed by atoms with van der Waals surface area (Å²) in [5.41, 5.74) is 4.60. The van der Waals surface area contributed by atoms with Gasteiger partial charge in [-0.2, -0.15) is 0 Å². The summed E-state index contributed by atoms with van der Waals surface area (Å²) in [7, 11) is 1.92. The van der Waals surface area contributed by atoms with E-state index in [1.165, 1.54) is 5.56 Å². The van der Waals surface area contributed by atoms with Crippen LogP contribution in [0.1, 0.15) is 56.8 Å². The number of amides is 1. The minimum absolute atomic E-state index is 0.0908. The lowest BCUT2D eigenvalue weighted by Crippen LogP contribution is -2.42. The average Bonchev–Trinajstić information content (AvgIpc) is 2.82. The monoisotopic (exact) mass is 456 g/mol. The Morgan fingerprint density at radius 2 is 2.06 bits per heavy atom. The van der Waals surface area contributed by atoms with E-state index in [9.17, 15) is 4.79 Å². The number of carbonyl (C=O) groups excluding carboxylic acids is 1. The van der Waals surface area contributed by atoms with Crippen molar-refractivity contribution in [3.8, 4) is 11.1 Å². The number of nitrogens with one attached hydrogen (secondary N) is 1. The van der Waals surface area contributed by atoms with Crippen LogP contribution < -0.4 is 5.32 Å². The molecular weight excluding hydrogens is 420 g/mol. The van der Waals surface area contributed by atoms with Gasteiger partial charge in [0, 0.05) is 42.6 Å². The van der Waals surface area contributed by atoms with E-state index >= 15 is 0 Å². The number of nitrogens with zero attached hydrogens (tertiary/aromatic N) is 1. The van der Waals surface area contributed by atoms with E-state index in [-0.39, 0.29) is 17.9 Å². The fourth-order valence-electron chi connectivity index (χ4n) is 4.75. The van der Waals surface area contributed by atoms with E-state index in [4.69, 9.17) is 16.3 Å². The van der Waals surface area contributed by atoms with E-state index in [1.54, 1.807) is 0 Å². The lowest BCUT2D eigenvalue weighted by molar-refractivity contribution is -0.134. The number of piperidine rings is 1. The topological polar surface area (TPSA) is 41.6 Å². The van der Waals surface area contributed by atoms with Gasteiger partial charge in [-0.05, 0) is 69.0 Å². The standard InChI is InChI=1S/C27H37ClN2O2/c1-4-20-10-6-11-21(18-20)26-23(13-7-14-24(26)28)27(32-5-2)22-12-9-17-30(19-22)25(31)15-8-16-29-3/h6-7,10-11,13-14,18,22,27,29H,4-5,8-9,12,15-17,19H2,1-3H3/t22-,27-/m1/s1. The zero-order valence-electron chi connectivity index (χ0n) is 19.7. The van der Waals surface area contributed by atoms with Crippen molar-refractivity contribution >= 4 is 17.5 Å². The van der Waals surface area contributed by atoms with Crippen molar-refractivity contribution in [2.75, 3.05) is 33.3 Å². The Morgan fingerprint density at radius 3 is 2.81 bits per heavy atom. The van der Waals surface area contributed by atoms with Gasteiger partial charge in [-0.15, -0.1) is 0 Å². The van der Waals surface area contributed by atoms with Crippen LogP contribution in [0.5, 0.6) is 0 Å². The normalized spacial score (nSPS) is 17.4. The molecule has 0 aliphatic carbocycles. The predicted molar refractivity (Wildman–Crippen MR) is 133 cm³/mol. The Hall–Kier alpha value is -1.88. The zero-order chi connectivity index (χ0) is 22.9. The molecule has 0 radical (unpaired) electrons. The highest BCUT2D eigenvalue weighted by molar-refractivity contribution is 6.33. The molecule has 1 amide bonds. The molecule has 0 saturated carbocycles. The van der Waals surface area contributed by atoms with Crippen LogP contribution in [0.3, 0.4) is 0 Å². The predicted octanol–water partition coefficient (Wildman–Crippen LogP) is 5.89. The van der Waals surface area contributed by atoms with Gasteiger partial charge in [-0.25, -0.2) is 0 Å². The Morgan fingerprint density at radius 1 is 1.25 bits per heavy atom. The summed E-state index contributed by atoms with van der Waals surface area (Å²) in [5.74, 6) is 0.505. The van der Waals surface area contributed by atoms with Crippen LogP contribution in [-0.2, 0) is 16.0 Å². The summed E-state index contributed by atoms with van der Waals surface area (Å²) < 4.78 is 6.36. The zero-order valence-corrected chi connectivity index (χ0v) is 20.5. The Bertz CT molecular complexity index is 886. The molecule has 5 heteroatoms. The number of aryl methyl sites for hydroxylation is 1. The summed E-state index contributed by atoms with van der Waals surface area (Å²) in [5, 5.41) is 3.87. The molecule has 0 aromatic heterocycles. The quantitative estimate of drug-likeness (QED) is 0.453. The summed E-state index contributed by atoms with van der Waals surface area (Å²) >= 11 is 6.77. The van der Waals surface area contributed by atoms with Crippen LogP contribution in [0.25, 0.3) is 11.1 Å². The average molecular weight is 457 g/mol. The van der Waals surface area contributed by atoms with Crippen molar-refractivity contribution in [2.24, 2.45) is 5.92 Å². The van der Waals surface area contributed by atoms with Gasteiger partial charge in [0.2, 0.25) is 5.91 Å². The number of likely N-dealkylation sites (tertiary alicyclic amines) is 1. The number of benzene rings is 2. The molecule has 3 rings (SSSR count). The molecule has 174 valence electrons. The summed E-state index contributed by atoms with van der Waals surface area (Å²) in [6.45, 7) is 7.28. The highest BCUT2D eigenvalue weighted by Gasteiger charge is 2.32. The Balaban J connectivity index is 1.90. The molecule has 1 fully saturated rings. The molecule has 2 atom stereocenters. The molecule has 1 N–H and O–H groups in total. The first-order chi connectivity index (χ1) is 15.6. The number of ether oxygens (including phenoxy) is 1. The molecule has 1 saturated heterocycles. The SMILES string of the molecule is CCO[C@@H](c1cccc(Cl)c1-c1cccc(CC)c1)[C@@H]1CCCN(C(=O)CCCNC)C1. The largest absolute Gasteiger partial charge is 0.373 e. The Kier molecular flexibility index (Phi) is 9.58. The minimum atomic E-state index is -0.0908. The molecule has 32 heavy (non-hydrogen) atoms. The van der Waals surface area contributed by atoms with E-state index in [2.05, 4.69) is 42.6 Å². The van der Waals surface area contributed by atoms with Crippen LogP contribution in [0.2, 0.25) is 5.02 Å². The molecular formula is C27H37ClN2O2. The van der Waals surface area contributed by atoms with E-state index < -0.39 is 0 Å². The van der Waals surface area contributed by atoms with Gasteiger partial charge >= 0.3 is 0 Å². The summed E-state index contributed by atoms with van der Waals surface area (Å²) in [4.78, 5) is 14.8. The minimum Gasteiger partial charge on any atom is -0.373 e. The lowest BCUT2D eigenvalue weighted by atomic mass is 9.84. The van der Waals surface area contributed by atoms with Crippen molar-refractivity contribution in [1.29, 1.82) is 0 Å². The van der Waals surface area contributed by atoms with Gasteiger partial charge in [0.1, 0.15) is 0 Å². The summed E-state index contributed by atoms with van der Waals surface area (Å²) in [6.07, 6.45) is 4.41. The molecule has 0 unspecified atom stereocenters. The number of hydrogen-bond acceptors (Lipinski definition) is 3. The number of carbonyl (C=O) groups is 1. The van der Waals surface area contributed by atoms with Crippen molar-refractivity contribution in [3.05, 3.63) is 58.6 Å². The number of halogens is 1. The van der Waals surface area contributed by atoms with Gasteiger partial charge in [0.05, 0.1) is 6.10 Å². The van der Waals surface area contributed by atoms with Crippen molar-refractivity contribution in [1.82, 2.24) is 10.2 Å². The second-order valence-electron chi connectivity index (χ2n) is 8.58. The third-order valence-electron chi connectivity index (χ3n) is 6.38. The van der Waals surface area contributed by atoms with Crippen molar-refractivity contribution < 1.29 is 9.53 Å². The first-order valence-electron chi connectivity index (χ1n) is 12.0. The van der Waals surface area contributed by atoms with Crippen LogP contribution in [0.4, 0.5) is 0 Å². The van der Waals surface area contributed by atoms with Crippen molar-refractivity contribution in [2.45, 2.75) is 52.1 Å². The fourth-order valence-corrected chi connectivity index (χ4v) is 5.04. The van der Waals surface area contributed by atoms with Crippen LogP contribution >= 0.6 is 11.6 Å². The number of hydrogen-bond donors (Lipinski definition) is 1. The third-order valence-corrected chi connectivity index (χ3v) is 6.69. The first-order valence-corrected chi connectivity index (χ1v) is 12.4. The van der Waals surface area contributed by atoms with Crippen LogP contribution in [0.15, 0.2) is 42.5 Å². The molecule has 1 aliphatic heterocycles. The lowest BCUT2D eigenvalue weighted by Gasteiger charge is -2.38. The van der Waals surface area contributed by atoms with Crippen molar-refractivity contribution in [3.63, 3.8) is 0 Å². The van der Waals surface area contributed by atoms with Gasteiger partial charge in [-0.3, -0.25) is 4.79 Å². The molecule has 0 bridgehead atoms. The van der Waals surface area contributed by atoms with Crippen LogP contribution in [-0.4, -0.2) is 44.1 Å². The van der Waals surface area contributed by atoms with E-state index in [0.717, 1.165) is 67.0 Å². The first kappa shape index (κ1) is 24.8. The molecule has 1 aliphatic rings. The Labute approximate surface area is 198 Å². The molecule has 2 aromatic rings. The smallest absolute Gasteiger partial charge is 0.222 e.